The first-order valence-corrected chi connectivity index (χ1v) is 6.16. The summed E-state index contributed by atoms with van der Waals surface area (Å²) in [5, 5.41) is 9.51. The summed E-state index contributed by atoms with van der Waals surface area (Å²) < 4.78 is 1.36. The molecule has 0 saturated carbocycles. The van der Waals surface area contributed by atoms with Crippen LogP contribution in [0.5, 0.6) is 0 Å². The third kappa shape index (κ3) is 2.15. The van der Waals surface area contributed by atoms with Gasteiger partial charge in [-0.2, -0.15) is 5.26 Å². The number of rotatable bonds is 2. The van der Waals surface area contributed by atoms with E-state index >= 15 is 0 Å². The largest absolute Gasteiger partial charge is 0.274 e. The lowest BCUT2D eigenvalue weighted by atomic mass is 10.1. The average molecular weight is 289 g/mol. The molecule has 1 aromatic heterocycles. The molecule has 3 nitrogen and oxygen atoms in total. The van der Waals surface area contributed by atoms with Crippen LogP contribution in [0.1, 0.15) is 21.6 Å². The van der Waals surface area contributed by atoms with Crippen LogP contribution in [0.2, 0.25) is 0 Å². The van der Waals surface area contributed by atoms with E-state index in [9.17, 15) is 4.79 Å². The molecule has 0 unspecified atom stereocenters. The molecule has 0 aliphatic heterocycles. The van der Waals surface area contributed by atoms with Gasteiger partial charge in [0.05, 0.1) is 0 Å². The summed E-state index contributed by atoms with van der Waals surface area (Å²) in [6, 6.07) is 12.6. The minimum Gasteiger partial charge on any atom is -0.274 e. The zero-order valence-corrected chi connectivity index (χ0v) is 10.5. The van der Waals surface area contributed by atoms with Crippen LogP contribution in [0.25, 0.3) is 0 Å². The van der Waals surface area contributed by atoms with Gasteiger partial charge in [-0.25, -0.2) is 0 Å². The zero-order chi connectivity index (χ0) is 12.3. The summed E-state index contributed by atoms with van der Waals surface area (Å²) in [6.45, 7) is 0. The van der Waals surface area contributed by atoms with Crippen LogP contribution in [0.3, 0.4) is 0 Å². The van der Waals surface area contributed by atoms with Gasteiger partial charge in [-0.05, 0) is 23.8 Å². The van der Waals surface area contributed by atoms with E-state index < -0.39 is 0 Å². The molecule has 0 amide bonds. The number of hydrogen-bond acceptors (Lipinski definition) is 2. The molecule has 1 aromatic carbocycles. The van der Waals surface area contributed by atoms with Crippen molar-refractivity contribution in [2.75, 3.05) is 0 Å². The maximum absolute atomic E-state index is 12.3. The zero-order valence-electron chi connectivity index (χ0n) is 8.93. The van der Waals surface area contributed by atoms with Crippen LogP contribution in [0, 0.1) is 11.3 Å². The number of benzene rings is 1. The van der Waals surface area contributed by atoms with Gasteiger partial charge >= 0.3 is 0 Å². The Morgan fingerprint density at radius 2 is 2.06 bits per heavy atom. The minimum absolute atomic E-state index is 0.179. The molecule has 4 heteroatoms. The van der Waals surface area contributed by atoms with Gasteiger partial charge in [0, 0.05) is 17.1 Å². The van der Waals surface area contributed by atoms with Gasteiger partial charge in [0.25, 0.3) is 5.91 Å². The second-order valence-corrected chi connectivity index (χ2v) is 4.03. The predicted molar refractivity (Wildman–Crippen MR) is 67.9 cm³/mol. The van der Waals surface area contributed by atoms with Gasteiger partial charge < -0.3 is 0 Å². The van der Waals surface area contributed by atoms with Crippen molar-refractivity contribution < 1.29 is 4.79 Å². The highest BCUT2D eigenvalue weighted by Crippen LogP contribution is 2.15. The summed E-state index contributed by atoms with van der Waals surface area (Å²) in [6.07, 6.45) is 1.60. The number of halogens is 1. The number of alkyl halides is 1. The van der Waals surface area contributed by atoms with Crippen molar-refractivity contribution in [3.8, 4) is 6.07 Å². The maximum atomic E-state index is 12.3. The van der Waals surface area contributed by atoms with Gasteiger partial charge in [-0.15, -0.1) is 0 Å². The van der Waals surface area contributed by atoms with Crippen molar-refractivity contribution in [3.63, 3.8) is 0 Å². The van der Waals surface area contributed by atoms with Crippen LogP contribution in [0.4, 0.5) is 0 Å². The van der Waals surface area contributed by atoms with Gasteiger partial charge in [0.15, 0.2) is 0 Å². The highest BCUT2D eigenvalue weighted by molar-refractivity contribution is 9.08. The summed E-state index contributed by atoms with van der Waals surface area (Å²) >= 11 is 3.35. The lowest BCUT2D eigenvalue weighted by Crippen LogP contribution is -2.14. The smallest absolute Gasteiger partial charge is 0.263 e. The Labute approximate surface area is 107 Å². The third-order valence-corrected chi connectivity index (χ3v) is 3.08. The average Bonchev–Trinajstić information content (AvgIpc) is 2.86. The fourth-order valence-corrected chi connectivity index (χ4v) is 2.11. The number of nitriles is 1. The normalized spacial score (nSPS) is 9.88. The van der Waals surface area contributed by atoms with Crippen LogP contribution in [-0.2, 0) is 5.33 Å². The summed E-state index contributed by atoms with van der Waals surface area (Å²) in [4.78, 5) is 12.3. The van der Waals surface area contributed by atoms with Crippen molar-refractivity contribution in [2.24, 2.45) is 0 Å². The molecule has 0 atom stereocenters. The fraction of sp³-hybridized carbons (Fsp3) is 0.0769. The van der Waals surface area contributed by atoms with Crippen molar-refractivity contribution in [1.29, 1.82) is 5.26 Å². The minimum atomic E-state index is -0.179. The first-order valence-electron chi connectivity index (χ1n) is 5.04. The van der Waals surface area contributed by atoms with Crippen molar-refractivity contribution in [1.82, 2.24) is 4.57 Å². The molecule has 17 heavy (non-hydrogen) atoms. The molecular weight excluding hydrogens is 280 g/mol. The molecule has 0 fully saturated rings. The Morgan fingerprint density at radius 1 is 1.29 bits per heavy atom. The number of carbonyl (C=O) groups excluding carboxylic acids is 1. The number of carbonyl (C=O) groups is 1. The summed E-state index contributed by atoms with van der Waals surface area (Å²) in [7, 11) is 0. The molecule has 0 saturated heterocycles. The number of nitrogens with zero attached hydrogens (tertiary/aromatic N) is 2. The molecule has 0 spiro atoms. The van der Waals surface area contributed by atoms with Crippen LogP contribution in [-0.4, -0.2) is 10.5 Å². The molecule has 0 radical (unpaired) electrons. The van der Waals surface area contributed by atoms with Crippen LogP contribution >= 0.6 is 15.9 Å². The molecule has 84 valence electrons. The quantitative estimate of drug-likeness (QED) is 0.798. The molecule has 0 aliphatic rings. The van der Waals surface area contributed by atoms with Crippen molar-refractivity contribution in [3.05, 3.63) is 59.4 Å². The van der Waals surface area contributed by atoms with E-state index in [1.54, 1.807) is 24.4 Å². The lowest BCUT2D eigenvalue weighted by molar-refractivity contribution is 0.0959. The lowest BCUT2D eigenvalue weighted by Gasteiger charge is -2.07. The SMILES string of the molecule is N#Cc1cccn1C(=O)c1ccccc1CBr. The van der Waals surface area contributed by atoms with Crippen molar-refractivity contribution >= 4 is 21.8 Å². The van der Waals surface area contributed by atoms with E-state index in [2.05, 4.69) is 15.9 Å². The van der Waals surface area contributed by atoms with Crippen LogP contribution in [0.15, 0.2) is 42.6 Å². The maximum Gasteiger partial charge on any atom is 0.263 e. The van der Waals surface area contributed by atoms with E-state index in [1.807, 2.05) is 24.3 Å². The topological polar surface area (TPSA) is 45.8 Å². The molecule has 0 N–H and O–H groups in total. The first-order chi connectivity index (χ1) is 8.27. The van der Waals surface area contributed by atoms with Gasteiger partial charge in [-0.1, -0.05) is 34.1 Å². The number of hydrogen-bond donors (Lipinski definition) is 0. The molecule has 2 rings (SSSR count). The Kier molecular flexibility index (Phi) is 3.40. The Morgan fingerprint density at radius 3 is 2.76 bits per heavy atom. The Bertz CT molecular complexity index is 595. The fourth-order valence-electron chi connectivity index (χ4n) is 1.62. The van der Waals surface area contributed by atoms with Crippen molar-refractivity contribution in [2.45, 2.75) is 5.33 Å². The van der Waals surface area contributed by atoms with E-state index in [-0.39, 0.29) is 5.91 Å². The van der Waals surface area contributed by atoms with E-state index in [0.29, 0.717) is 16.6 Å². The standard InChI is InChI=1S/C13H9BrN2O/c14-8-10-4-1-2-6-12(10)13(17)16-7-3-5-11(16)9-15/h1-7H,8H2. The van der Waals surface area contributed by atoms with E-state index in [1.165, 1.54) is 4.57 Å². The molecule has 0 bridgehead atoms. The van der Waals surface area contributed by atoms with E-state index in [4.69, 9.17) is 5.26 Å². The molecule has 1 heterocycles. The highest BCUT2D eigenvalue weighted by Gasteiger charge is 2.14. The number of aromatic nitrogens is 1. The Hall–Kier alpha value is -1.86. The summed E-state index contributed by atoms with van der Waals surface area (Å²) in [5.74, 6) is -0.179. The van der Waals surface area contributed by atoms with Gasteiger partial charge in [-0.3, -0.25) is 9.36 Å². The second kappa shape index (κ2) is 4.98. The van der Waals surface area contributed by atoms with Gasteiger partial charge in [0.2, 0.25) is 0 Å². The van der Waals surface area contributed by atoms with Gasteiger partial charge in [0.1, 0.15) is 11.8 Å². The van der Waals surface area contributed by atoms with Crippen LogP contribution < -0.4 is 0 Å². The first kappa shape index (κ1) is 11.6. The third-order valence-electron chi connectivity index (χ3n) is 2.47. The molecular formula is C13H9BrN2O. The summed E-state index contributed by atoms with van der Waals surface area (Å²) in [5.41, 5.74) is 1.87. The molecule has 2 aromatic rings. The monoisotopic (exact) mass is 288 g/mol. The highest BCUT2D eigenvalue weighted by atomic mass is 79.9. The second-order valence-electron chi connectivity index (χ2n) is 3.47. The van der Waals surface area contributed by atoms with E-state index in [0.717, 1.165) is 5.56 Å². The molecule has 0 aliphatic carbocycles. The predicted octanol–water partition coefficient (Wildman–Crippen LogP) is 2.94. The Balaban J connectivity index is 2.48.